The summed E-state index contributed by atoms with van der Waals surface area (Å²) < 4.78 is 28.2. The number of aromatic nitrogens is 2. The van der Waals surface area contributed by atoms with E-state index in [1.165, 1.54) is 18.4 Å². The predicted octanol–water partition coefficient (Wildman–Crippen LogP) is 5.25. The molecule has 1 unspecified atom stereocenters. The summed E-state index contributed by atoms with van der Waals surface area (Å²) >= 11 is 8.25. The first kappa shape index (κ1) is 23.7. The Morgan fingerprint density at radius 1 is 1.28 bits per heavy atom. The zero-order valence-electron chi connectivity index (χ0n) is 20.2. The van der Waals surface area contributed by atoms with Crippen molar-refractivity contribution in [2.24, 2.45) is 0 Å². The molecule has 7 nitrogen and oxygen atoms in total. The summed E-state index contributed by atoms with van der Waals surface area (Å²) in [6.07, 6.45) is 6.27. The van der Waals surface area contributed by atoms with Gasteiger partial charge in [0.05, 0.1) is 18.1 Å². The topological polar surface area (TPSA) is 106 Å². The van der Waals surface area contributed by atoms with Gasteiger partial charge >= 0.3 is 6.01 Å². The van der Waals surface area contributed by atoms with E-state index in [0.29, 0.717) is 40.0 Å². The van der Waals surface area contributed by atoms with Gasteiger partial charge in [0.2, 0.25) is 5.88 Å². The van der Waals surface area contributed by atoms with Crippen molar-refractivity contribution in [2.75, 3.05) is 12.8 Å². The zero-order chi connectivity index (χ0) is 25.2. The Balaban J connectivity index is 1.50. The van der Waals surface area contributed by atoms with Crippen molar-refractivity contribution in [3.63, 3.8) is 0 Å². The lowest BCUT2D eigenvalue weighted by molar-refractivity contribution is 0.132. The quantitative estimate of drug-likeness (QED) is 0.477. The van der Waals surface area contributed by atoms with Crippen molar-refractivity contribution in [1.29, 1.82) is 5.26 Å². The fourth-order valence-electron chi connectivity index (χ4n) is 6.44. The Morgan fingerprint density at radius 3 is 2.72 bits per heavy atom. The largest absolute Gasteiger partial charge is 0.474 e. The smallest absolute Gasteiger partial charge is 0.320 e. The summed E-state index contributed by atoms with van der Waals surface area (Å²) in [5.74, 6) is -0.264. The molecule has 0 radical (unpaired) electrons. The lowest BCUT2D eigenvalue weighted by Gasteiger charge is -2.36. The number of hydrogen-bond acceptors (Lipinski definition) is 8. The van der Waals surface area contributed by atoms with E-state index in [9.17, 15) is 5.26 Å². The van der Waals surface area contributed by atoms with Gasteiger partial charge in [0, 0.05) is 33.0 Å². The highest BCUT2D eigenvalue weighted by atomic mass is 35.5. The molecule has 2 saturated heterocycles. The molecule has 2 aromatic heterocycles. The molecule has 188 valence electrons. The molecule has 36 heavy (non-hydrogen) atoms. The van der Waals surface area contributed by atoms with E-state index in [-0.39, 0.29) is 28.5 Å². The van der Waals surface area contributed by atoms with Crippen LogP contribution in [0, 0.1) is 17.1 Å². The molecule has 0 spiro atoms. The molecular formula is C26H27ClFN5O2S. The average Bonchev–Trinajstić information content (AvgIpc) is 3.37. The van der Waals surface area contributed by atoms with Crippen LogP contribution in [0.1, 0.15) is 67.0 Å². The fourth-order valence-corrected chi connectivity index (χ4v) is 8.03. The number of nitrogen functional groups attached to an aromatic ring is 1. The zero-order valence-corrected chi connectivity index (χ0v) is 21.7. The summed E-state index contributed by atoms with van der Waals surface area (Å²) in [4.78, 5) is 9.82. The second-order valence-corrected chi connectivity index (χ2v) is 11.8. The van der Waals surface area contributed by atoms with Crippen LogP contribution in [0.5, 0.6) is 11.9 Å². The first-order chi connectivity index (χ1) is 17.3. The van der Waals surface area contributed by atoms with Crippen LogP contribution >= 0.6 is 22.9 Å². The lowest BCUT2D eigenvalue weighted by atomic mass is 9.68. The van der Waals surface area contributed by atoms with Gasteiger partial charge in [-0.15, -0.1) is 11.3 Å². The van der Waals surface area contributed by atoms with Crippen LogP contribution in [-0.4, -0.2) is 35.3 Å². The fraction of sp³-hybridized carbons (Fsp3) is 0.500. The molecule has 10 heteroatoms. The van der Waals surface area contributed by atoms with Crippen molar-refractivity contribution >= 4 is 38.8 Å². The maximum atomic E-state index is 16.5. The standard InChI is InChI=1S/C26H27ClFN5O2S/c1-26(7-3-4-18-19(26)16(11-29)23(30)36-18)20-17(27)10-15-22(21(20)28)32-25(34-2)33-24(15)35-14-8-12-5-6-13(9-14)31-12/h10,12-14,31H,3-9,30H2,1-2H3/t12-,13+,14+,26?. The Bertz CT molecular complexity index is 1410. The summed E-state index contributed by atoms with van der Waals surface area (Å²) in [6.45, 7) is 1.94. The van der Waals surface area contributed by atoms with Crippen LogP contribution in [0.2, 0.25) is 5.02 Å². The van der Waals surface area contributed by atoms with Crippen molar-refractivity contribution in [3.8, 4) is 18.0 Å². The van der Waals surface area contributed by atoms with Crippen molar-refractivity contribution < 1.29 is 13.9 Å². The normalized spacial score (nSPS) is 27.0. The highest BCUT2D eigenvalue weighted by molar-refractivity contribution is 7.16. The number of nitriles is 1. The number of aryl methyl sites for hydroxylation is 1. The highest BCUT2D eigenvalue weighted by Crippen LogP contribution is 2.52. The molecule has 2 aliphatic heterocycles. The molecular weight excluding hydrogens is 501 g/mol. The Morgan fingerprint density at radius 2 is 2.03 bits per heavy atom. The van der Waals surface area contributed by atoms with E-state index in [0.717, 1.165) is 49.0 Å². The Kier molecular flexibility index (Phi) is 5.74. The van der Waals surface area contributed by atoms with Crippen molar-refractivity contribution in [1.82, 2.24) is 15.3 Å². The molecule has 4 atom stereocenters. The van der Waals surface area contributed by atoms with E-state index >= 15 is 4.39 Å². The third kappa shape index (κ3) is 3.61. The predicted molar refractivity (Wildman–Crippen MR) is 137 cm³/mol. The van der Waals surface area contributed by atoms with Gasteiger partial charge in [-0.1, -0.05) is 18.5 Å². The van der Waals surface area contributed by atoms with Gasteiger partial charge < -0.3 is 20.5 Å². The molecule has 2 fully saturated rings. The number of methoxy groups -OCH3 is 1. The van der Waals surface area contributed by atoms with Gasteiger partial charge in [0.25, 0.3) is 0 Å². The van der Waals surface area contributed by atoms with E-state index < -0.39 is 11.2 Å². The van der Waals surface area contributed by atoms with Crippen molar-refractivity contribution in [2.45, 2.75) is 75.5 Å². The minimum Gasteiger partial charge on any atom is -0.474 e. The number of ether oxygens (including phenoxy) is 2. The second kappa shape index (κ2) is 8.72. The SMILES string of the molecule is COc1nc(O[C@H]2C[C@H]3CC[C@@H](C2)N3)c2cc(Cl)c(C3(C)CCCc4sc(N)c(C#N)c43)c(F)c2n1. The van der Waals surface area contributed by atoms with E-state index in [1.54, 1.807) is 6.07 Å². The molecule has 1 aromatic carbocycles. The number of fused-ring (bicyclic) bond motifs is 4. The van der Waals surface area contributed by atoms with Crippen LogP contribution in [0.3, 0.4) is 0 Å². The summed E-state index contributed by atoms with van der Waals surface area (Å²) in [5, 5.41) is 14.6. The molecule has 3 aromatic rings. The van der Waals surface area contributed by atoms with Crippen LogP contribution in [0.4, 0.5) is 9.39 Å². The maximum absolute atomic E-state index is 16.5. The van der Waals surface area contributed by atoms with Gasteiger partial charge in [0.15, 0.2) is 5.82 Å². The monoisotopic (exact) mass is 527 g/mol. The number of rotatable bonds is 4. The van der Waals surface area contributed by atoms with Crippen LogP contribution in [0.25, 0.3) is 10.9 Å². The van der Waals surface area contributed by atoms with Crippen LogP contribution < -0.4 is 20.5 Å². The van der Waals surface area contributed by atoms with Gasteiger partial charge in [-0.2, -0.15) is 15.2 Å². The van der Waals surface area contributed by atoms with Gasteiger partial charge in [0.1, 0.15) is 22.7 Å². The number of nitrogens with one attached hydrogen (secondary N) is 1. The third-order valence-electron chi connectivity index (χ3n) is 8.02. The number of anilines is 1. The first-order valence-electron chi connectivity index (χ1n) is 12.3. The lowest BCUT2D eigenvalue weighted by Crippen LogP contribution is -2.42. The molecule has 0 saturated carbocycles. The molecule has 3 aliphatic rings. The number of benzene rings is 1. The van der Waals surface area contributed by atoms with E-state index in [1.807, 2.05) is 6.92 Å². The molecule has 1 aliphatic carbocycles. The summed E-state index contributed by atoms with van der Waals surface area (Å²) in [6, 6.07) is 4.84. The van der Waals surface area contributed by atoms with Gasteiger partial charge in [-0.3, -0.25) is 0 Å². The van der Waals surface area contributed by atoms with Gasteiger partial charge in [-0.05, 0) is 56.6 Å². The average molecular weight is 528 g/mol. The first-order valence-corrected chi connectivity index (χ1v) is 13.5. The number of hydrogen-bond donors (Lipinski definition) is 2. The number of thiophene rings is 1. The number of nitrogens with two attached hydrogens (primary N) is 1. The van der Waals surface area contributed by atoms with E-state index in [4.69, 9.17) is 26.8 Å². The maximum Gasteiger partial charge on any atom is 0.320 e. The Hall–Kier alpha value is -2.67. The summed E-state index contributed by atoms with van der Waals surface area (Å²) in [5.41, 5.74) is 6.97. The van der Waals surface area contributed by atoms with Crippen LogP contribution in [0.15, 0.2) is 6.07 Å². The number of halogens is 2. The number of piperidine rings is 1. The molecule has 3 N–H and O–H groups in total. The highest BCUT2D eigenvalue weighted by Gasteiger charge is 2.43. The second-order valence-electron chi connectivity index (χ2n) is 10.2. The molecule has 0 amide bonds. The minimum absolute atomic E-state index is 0.0292. The molecule has 2 bridgehead atoms. The molecule has 6 rings (SSSR count). The van der Waals surface area contributed by atoms with Gasteiger partial charge in [-0.25, -0.2) is 4.39 Å². The number of nitrogens with zero attached hydrogens (tertiary/aromatic N) is 3. The third-order valence-corrected chi connectivity index (χ3v) is 9.40. The molecule has 4 heterocycles. The minimum atomic E-state index is -0.824. The Labute approximate surface area is 217 Å². The van der Waals surface area contributed by atoms with Crippen LogP contribution in [-0.2, 0) is 11.8 Å². The summed E-state index contributed by atoms with van der Waals surface area (Å²) in [7, 11) is 1.45. The van der Waals surface area contributed by atoms with Crippen molar-refractivity contribution in [3.05, 3.63) is 38.5 Å². The van der Waals surface area contributed by atoms with E-state index in [2.05, 4.69) is 21.4 Å².